The summed E-state index contributed by atoms with van der Waals surface area (Å²) in [5.41, 5.74) is 0.510. The summed E-state index contributed by atoms with van der Waals surface area (Å²) in [5.74, 6) is 0.461. The minimum atomic E-state index is -0.475. The molecular formula is C16H19N3O3. The molecule has 1 aromatic rings. The van der Waals surface area contributed by atoms with Gasteiger partial charge in [-0.3, -0.25) is 10.1 Å². The first-order valence-corrected chi connectivity index (χ1v) is 7.14. The Morgan fingerprint density at radius 1 is 1.18 bits per heavy atom. The van der Waals surface area contributed by atoms with Gasteiger partial charge in [-0.2, -0.15) is 0 Å². The molecule has 2 N–H and O–H groups in total. The molecule has 0 aromatic heterocycles. The number of nitrogens with zero attached hydrogens (tertiary/aromatic N) is 1. The standard InChI is InChI=1S/C16H19N3O3/c1-11(2)15(12-5-3-4-6-12)18-16(20)17-13-7-9-14(10-8-13)19(21)22/h3-12,15H,1-2H3,(H2,17,18,20)/t15-/m0/s1. The van der Waals surface area contributed by atoms with Crippen molar-refractivity contribution in [3.8, 4) is 0 Å². The molecule has 0 aliphatic heterocycles. The second-order valence-corrected chi connectivity index (χ2v) is 5.52. The Balaban J connectivity index is 1.97. The Labute approximate surface area is 129 Å². The van der Waals surface area contributed by atoms with Crippen LogP contribution < -0.4 is 10.6 Å². The van der Waals surface area contributed by atoms with Crippen molar-refractivity contribution in [1.82, 2.24) is 5.32 Å². The van der Waals surface area contributed by atoms with Crippen LogP contribution in [0.2, 0.25) is 0 Å². The van der Waals surface area contributed by atoms with E-state index >= 15 is 0 Å². The molecule has 1 aliphatic carbocycles. The van der Waals surface area contributed by atoms with Crippen molar-refractivity contribution >= 4 is 17.4 Å². The Morgan fingerprint density at radius 3 is 2.27 bits per heavy atom. The van der Waals surface area contributed by atoms with Gasteiger partial charge in [-0.05, 0) is 18.1 Å². The fourth-order valence-electron chi connectivity index (χ4n) is 2.38. The van der Waals surface area contributed by atoms with Gasteiger partial charge in [-0.1, -0.05) is 38.2 Å². The molecule has 22 heavy (non-hydrogen) atoms. The normalized spacial score (nSPS) is 15.0. The zero-order valence-electron chi connectivity index (χ0n) is 12.5. The number of hydrogen-bond donors (Lipinski definition) is 2. The number of nitro benzene ring substituents is 1. The minimum absolute atomic E-state index is 0.00644. The van der Waals surface area contributed by atoms with Crippen molar-refractivity contribution in [2.24, 2.45) is 11.8 Å². The molecule has 0 spiro atoms. The maximum absolute atomic E-state index is 12.1. The average molecular weight is 301 g/mol. The highest BCUT2D eigenvalue weighted by Gasteiger charge is 2.23. The van der Waals surface area contributed by atoms with Gasteiger partial charge in [0.15, 0.2) is 0 Å². The molecule has 0 unspecified atom stereocenters. The molecule has 6 heteroatoms. The Bertz CT molecular complexity index is 594. The molecule has 0 bridgehead atoms. The summed E-state index contributed by atoms with van der Waals surface area (Å²) in [4.78, 5) is 22.2. The van der Waals surface area contributed by atoms with Crippen molar-refractivity contribution in [3.05, 3.63) is 58.7 Å². The molecule has 0 radical (unpaired) electrons. The van der Waals surface area contributed by atoms with Gasteiger partial charge in [0.05, 0.1) is 4.92 Å². The third kappa shape index (κ3) is 3.94. The number of urea groups is 1. The number of carbonyl (C=O) groups excluding carboxylic acids is 1. The Kier molecular flexibility index (Phi) is 4.93. The number of amides is 2. The summed E-state index contributed by atoms with van der Waals surface area (Å²) in [6.07, 6.45) is 8.04. The lowest BCUT2D eigenvalue weighted by molar-refractivity contribution is -0.384. The minimum Gasteiger partial charge on any atom is -0.334 e. The van der Waals surface area contributed by atoms with Crippen LogP contribution in [-0.2, 0) is 0 Å². The van der Waals surface area contributed by atoms with E-state index in [1.165, 1.54) is 24.3 Å². The van der Waals surface area contributed by atoms with Crippen LogP contribution in [0.1, 0.15) is 13.8 Å². The van der Waals surface area contributed by atoms with Crippen LogP contribution >= 0.6 is 0 Å². The number of benzene rings is 1. The Hall–Kier alpha value is -2.63. The summed E-state index contributed by atoms with van der Waals surface area (Å²) in [6.45, 7) is 4.10. The molecule has 0 saturated heterocycles. The van der Waals surface area contributed by atoms with E-state index in [1.54, 1.807) is 0 Å². The summed E-state index contributed by atoms with van der Waals surface area (Å²) in [5, 5.41) is 16.2. The first-order valence-electron chi connectivity index (χ1n) is 7.14. The van der Waals surface area contributed by atoms with Crippen LogP contribution in [0.15, 0.2) is 48.6 Å². The number of carbonyl (C=O) groups is 1. The van der Waals surface area contributed by atoms with E-state index in [0.29, 0.717) is 5.69 Å². The molecular weight excluding hydrogens is 282 g/mol. The van der Waals surface area contributed by atoms with E-state index in [9.17, 15) is 14.9 Å². The third-order valence-electron chi connectivity index (χ3n) is 3.54. The fraction of sp³-hybridized carbons (Fsp3) is 0.312. The monoisotopic (exact) mass is 301 g/mol. The largest absolute Gasteiger partial charge is 0.334 e. The average Bonchev–Trinajstić information content (AvgIpc) is 2.99. The summed E-state index contributed by atoms with van der Waals surface area (Å²) >= 11 is 0. The van der Waals surface area contributed by atoms with Gasteiger partial charge in [-0.25, -0.2) is 4.79 Å². The second kappa shape index (κ2) is 6.89. The van der Waals surface area contributed by atoms with Gasteiger partial charge in [0.25, 0.3) is 5.69 Å². The van der Waals surface area contributed by atoms with Gasteiger partial charge < -0.3 is 10.6 Å². The molecule has 0 heterocycles. The number of nitrogens with one attached hydrogen (secondary N) is 2. The smallest absolute Gasteiger partial charge is 0.319 e. The number of rotatable bonds is 5. The van der Waals surface area contributed by atoms with Crippen LogP contribution in [0.5, 0.6) is 0 Å². The molecule has 6 nitrogen and oxygen atoms in total. The highest BCUT2D eigenvalue weighted by Crippen LogP contribution is 2.20. The summed E-state index contributed by atoms with van der Waals surface area (Å²) in [7, 11) is 0. The lowest BCUT2D eigenvalue weighted by Gasteiger charge is -2.26. The zero-order chi connectivity index (χ0) is 16.1. The second-order valence-electron chi connectivity index (χ2n) is 5.52. The number of non-ortho nitro benzene ring substituents is 1. The van der Waals surface area contributed by atoms with Crippen molar-refractivity contribution < 1.29 is 9.72 Å². The molecule has 1 atom stereocenters. The van der Waals surface area contributed by atoms with E-state index in [-0.39, 0.29) is 29.6 Å². The van der Waals surface area contributed by atoms with Gasteiger partial charge in [-0.15, -0.1) is 0 Å². The maximum Gasteiger partial charge on any atom is 0.319 e. The summed E-state index contributed by atoms with van der Waals surface area (Å²) < 4.78 is 0. The number of anilines is 1. The fourth-order valence-corrected chi connectivity index (χ4v) is 2.38. The molecule has 0 fully saturated rings. The van der Waals surface area contributed by atoms with E-state index in [2.05, 4.69) is 36.6 Å². The van der Waals surface area contributed by atoms with E-state index in [4.69, 9.17) is 0 Å². The highest BCUT2D eigenvalue weighted by molar-refractivity contribution is 5.89. The van der Waals surface area contributed by atoms with Crippen LogP contribution in [0.3, 0.4) is 0 Å². The molecule has 2 amide bonds. The SMILES string of the molecule is CC(C)[C@H](NC(=O)Nc1ccc([N+](=O)[O-])cc1)C1C=CC=C1. The lowest BCUT2D eigenvalue weighted by Crippen LogP contribution is -2.44. The topological polar surface area (TPSA) is 84.3 Å². The molecule has 0 saturated carbocycles. The first kappa shape index (κ1) is 15.8. The predicted molar refractivity (Wildman–Crippen MR) is 85.6 cm³/mol. The van der Waals surface area contributed by atoms with Crippen molar-refractivity contribution in [2.45, 2.75) is 19.9 Å². The van der Waals surface area contributed by atoms with E-state index < -0.39 is 4.92 Å². The zero-order valence-corrected chi connectivity index (χ0v) is 12.5. The van der Waals surface area contributed by atoms with Gasteiger partial charge >= 0.3 is 6.03 Å². The highest BCUT2D eigenvalue weighted by atomic mass is 16.6. The number of hydrogen-bond acceptors (Lipinski definition) is 3. The van der Waals surface area contributed by atoms with Gasteiger partial charge in [0.1, 0.15) is 0 Å². The molecule has 116 valence electrons. The quantitative estimate of drug-likeness (QED) is 0.645. The first-order chi connectivity index (χ1) is 10.5. The van der Waals surface area contributed by atoms with E-state index in [1.807, 2.05) is 12.2 Å². The van der Waals surface area contributed by atoms with Crippen molar-refractivity contribution in [2.75, 3.05) is 5.32 Å². The predicted octanol–water partition coefficient (Wildman–Crippen LogP) is 3.48. The molecule has 2 rings (SSSR count). The van der Waals surface area contributed by atoms with Gasteiger partial charge in [0, 0.05) is 29.8 Å². The lowest BCUT2D eigenvalue weighted by atomic mass is 9.91. The molecule has 1 aliphatic rings. The van der Waals surface area contributed by atoms with Crippen LogP contribution in [0.25, 0.3) is 0 Å². The number of allylic oxidation sites excluding steroid dienone is 2. The van der Waals surface area contributed by atoms with Crippen molar-refractivity contribution in [3.63, 3.8) is 0 Å². The number of nitro groups is 1. The van der Waals surface area contributed by atoms with Crippen LogP contribution in [0, 0.1) is 22.0 Å². The Morgan fingerprint density at radius 2 is 1.77 bits per heavy atom. The third-order valence-corrected chi connectivity index (χ3v) is 3.54. The van der Waals surface area contributed by atoms with Crippen LogP contribution in [0.4, 0.5) is 16.2 Å². The summed E-state index contributed by atoms with van der Waals surface area (Å²) in [6, 6.07) is 5.42. The maximum atomic E-state index is 12.1. The van der Waals surface area contributed by atoms with Gasteiger partial charge in [0.2, 0.25) is 0 Å². The van der Waals surface area contributed by atoms with E-state index in [0.717, 1.165) is 0 Å². The van der Waals surface area contributed by atoms with Crippen LogP contribution in [-0.4, -0.2) is 17.0 Å². The molecule has 1 aromatic carbocycles. The van der Waals surface area contributed by atoms with Crippen molar-refractivity contribution in [1.29, 1.82) is 0 Å².